The second kappa shape index (κ2) is 9.00. The number of nitrogens with zero attached hydrogens (tertiary/aromatic N) is 6. The number of hydrogen-bond donors (Lipinski definition) is 1. The van der Waals surface area contributed by atoms with E-state index < -0.39 is 5.82 Å². The molecule has 9 nitrogen and oxygen atoms in total. The molecule has 11 heteroatoms. The van der Waals surface area contributed by atoms with Crippen LogP contribution in [-0.2, 0) is 11.2 Å². The van der Waals surface area contributed by atoms with Crippen LogP contribution in [0, 0.1) is 12.7 Å². The minimum absolute atomic E-state index is 0.154. The summed E-state index contributed by atoms with van der Waals surface area (Å²) in [6.07, 6.45) is 1.19. The van der Waals surface area contributed by atoms with E-state index in [9.17, 15) is 9.18 Å². The third kappa shape index (κ3) is 4.92. The molecule has 0 aliphatic heterocycles. The van der Waals surface area contributed by atoms with Gasteiger partial charge in [0, 0.05) is 29.1 Å². The molecular weight excluding hydrogens is 425 g/mol. The number of halogens is 2. The number of hydrogen-bond acceptors (Lipinski definition) is 7. The zero-order chi connectivity index (χ0) is 21.8. The first kappa shape index (κ1) is 20.6. The first-order valence-electron chi connectivity index (χ1n) is 9.43. The maximum absolute atomic E-state index is 14.1. The second-order valence-corrected chi connectivity index (χ2v) is 7.16. The first-order valence-corrected chi connectivity index (χ1v) is 9.80. The molecule has 0 aliphatic rings. The molecule has 0 radical (unpaired) electrons. The summed E-state index contributed by atoms with van der Waals surface area (Å²) in [7, 11) is 0. The van der Waals surface area contributed by atoms with Gasteiger partial charge in [0.2, 0.25) is 17.6 Å². The summed E-state index contributed by atoms with van der Waals surface area (Å²) in [5.74, 6) is 0.619. The van der Waals surface area contributed by atoms with Crippen LogP contribution in [0.4, 0.5) is 10.1 Å². The van der Waals surface area contributed by atoms with E-state index in [1.165, 1.54) is 22.9 Å². The minimum Gasteiger partial charge on any atom is -0.339 e. The summed E-state index contributed by atoms with van der Waals surface area (Å²) < 4.78 is 20.6. The SMILES string of the molecule is Cc1nnnn1-c1cc(NC(=O)CCCc2nc(-c3ccc(Cl)cc3)no2)ccc1F. The van der Waals surface area contributed by atoms with E-state index in [1.807, 2.05) is 0 Å². The molecule has 0 aliphatic carbocycles. The number of anilines is 1. The van der Waals surface area contributed by atoms with Crippen LogP contribution in [0.2, 0.25) is 5.02 Å². The number of carbonyl (C=O) groups excluding carboxylic acids is 1. The van der Waals surface area contributed by atoms with Crippen LogP contribution in [0.1, 0.15) is 24.6 Å². The van der Waals surface area contributed by atoms with Crippen molar-refractivity contribution in [2.75, 3.05) is 5.32 Å². The largest absolute Gasteiger partial charge is 0.339 e. The minimum atomic E-state index is -0.499. The molecule has 1 amide bonds. The molecule has 2 aromatic carbocycles. The van der Waals surface area contributed by atoms with E-state index in [0.29, 0.717) is 41.1 Å². The number of benzene rings is 2. The average molecular weight is 442 g/mol. The second-order valence-electron chi connectivity index (χ2n) is 6.72. The van der Waals surface area contributed by atoms with Gasteiger partial charge >= 0.3 is 0 Å². The van der Waals surface area contributed by atoms with Crippen molar-refractivity contribution < 1.29 is 13.7 Å². The molecule has 158 valence electrons. The first-order chi connectivity index (χ1) is 15.0. The molecule has 0 unspecified atom stereocenters. The molecule has 2 heterocycles. The number of aryl methyl sites for hydroxylation is 2. The highest BCUT2D eigenvalue weighted by molar-refractivity contribution is 6.30. The molecule has 1 N–H and O–H groups in total. The Hall–Kier alpha value is -3.66. The van der Waals surface area contributed by atoms with Gasteiger partial charge in [0.1, 0.15) is 11.5 Å². The van der Waals surface area contributed by atoms with Gasteiger partial charge in [-0.2, -0.15) is 9.67 Å². The quantitative estimate of drug-likeness (QED) is 0.464. The van der Waals surface area contributed by atoms with E-state index in [1.54, 1.807) is 31.2 Å². The van der Waals surface area contributed by atoms with Crippen molar-refractivity contribution >= 4 is 23.2 Å². The van der Waals surface area contributed by atoms with Crippen LogP contribution in [0.15, 0.2) is 47.0 Å². The maximum atomic E-state index is 14.1. The van der Waals surface area contributed by atoms with Crippen molar-refractivity contribution in [1.82, 2.24) is 30.3 Å². The molecule has 0 spiro atoms. The zero-order valence-electron chi connectivity index (χ0n) is 16.4. The summed E-state index contributed by atoms with van der Waals surface area (Å²) in [6, 6.07) is 11.3. The van der Waals surface area contributed by atoms with Crippen LogP contribution >= 0.6 is 11.6 Å². The summed E-state index contributed by atoms with van der Waals surface area (Å²) in [4.78, 5) is 16.6. The third-order valence-corrected chi connectivity index (χ3v) is 4.70. The molecule has 0 fully saturated rings. The van der Waals surface area contributed by atoms with Gasteiger partial charge in [-0.05, 0) is 66.2 Å². The Balaban J connectivity index is 1.32. The summed E-state index contributed by atoms with van der Waals surface area (Å²) in [6.45, 7) is 1.65. The molecule has 4 aromatic rings. The summed E-state index contributed by atoms with van der Waals surface area (Å²) in [5.41, 5.74) is 1.39. The van der Waals surface area contributed by atoms with E-state index in [2.05, 4.69) is 31.0 Å². The molecule has 4 rings (SSSR count). The van der Waals surface area contributed by atoms with Crippen molar-refractivity contribution in [3.05, 3.63) is 65.0 Å². The lowest BCUT2D eigenvalue weighted by molar-refractivity contribution is -0.116. The number of carbonyl (C=O) groups is 1. The van der Waals surface area contributed by atoms with E-state index in [0.717, 1.165) is 5.56 Å². The van der Waals surface area contributed by atoms with Crippen molar-refractivity contribution in [3.8, 4) is 17.1 Å². The van der Waals surface area contributed by atoms with Gasteiger partial charge < -0.3 is 9.84 Å². The fourth-order valence-corrected chi connectivity index (χ4v) is 3.03. The lowest BCUT2D eigenvalue weighted by Crippen LogP contribution is -2.12. The Labute approximate surface area is 181 Å². The van der Waals surface area contributed by atoms with Crippen molar-refractivity contribution in [3.63, 3.8) is 0 Å². The van der Waals surface area contributed by atoms with Crippen molar-refractivity contribution in [1.29, 1.82) is 0 Å². The van der Waals surface area contributed by atoms with Gasteiger partial charge in [0.15, 0.2) is 5.82 Å². The smallest absolute Gasteiger partial charge is 0.226 e. The molecule has 2 aromatic heterocycles. The predicted octanol–water partition coefficient (Wildman–Crippen LogP) is 3.77. The highest BCUT2D eigenvalue weighted by Crippen LogP contribution is 2.20. The number of amides is 1. The van der Waals surface area contributed by atoms with Gasteiger partial charge in [-0.25, -0.2) is 4.39 Å². The average Bonchev–Trinajstić information content (AvgIpc) is 3.39. The van der Waals surface area contributed by atoms with E-state index in [4.69, 9.17) is 16.1 Å². The molecule has 0 atom stereocenters. The van der Waals surface area contributed by atoms with Crippen molar-refractivity contribution in [2.45, 2.75) is 26.2 Å². The van der Waals surface area contributed by atoms with Gasteiger partial charge in [0.05, 0.1) is 0 Å². The Morgan fingerprint density at radius 2 is 2.03 bits per heavy atom. The maximum Gasteiger partial charge on any atom is 0.226 e. The monoisotopic (exact) mass is 441 g/mol. The number of rotatable bonds is 7. The fraction of sp³-hybridized carbons (Fsp3) is 0.200. The Kier molecular flexibility index (Phi) is 5.99. The summed E-state index contributed by atoms with van der Waals surface area (Å²) in [5, 5.41) is 18.3. The predicted molar refractivity (Wildman–Crippen MR) is 110 cm³/mol. The normalized spacial score (nSPS) is 10.9. The molecule has 31 heavy (non-hydrogen) atoms. The van der Waals surface area contributed by atoms with Gasteiger partial charge in [-0.3, -0.25) is 4.79 Å². The van der Waals surface area contributed by atoms with Gasteiger partial charge in [-0.1, -0.05) is 16.8 Å². The number of aromatic nitrogens is 6. The van der Waals surface area contributed by atoms with Crippen LogP contribution in [0.25, 0.3) is 17.1 Å². The molecular formula is C20H17ClFN7O2. The fourth-order valence-electron chi connectivity index (χ4n) is 2.90. The van der Waals surface area contributed by atoms with E-state index in [-0.39, 0.29) is 18.0 Å². The van der Waals surface area contributed by atoms with Crippen molar-refractivity contribution in [2.24, 2.45) is 0 Å². The van der Waals surface area contributed by atoms with Crippen LogP contribution < -0.4 is 5.32 Å². The zero-order valence-corrected chi connectivity index (χ0v) is 17.2. The Morgan fingerprint density at radius 3 is 2.77 bits per heavy atom. The van der Waals surface area contributed by atoms with Crippen LogP contribution in [-0.4, -0.2) is 36.3 Å². The molecule has 0 bridgehead atoms. The van der Waals surface area contributed by atoms with Crippen LogP contribution in [0.3, 0.4) is 0 Å². The standard InChI is InChI=1S/C20H17ClFN7O2/c1-12-25-27-28-29(12)17-11-15(9-10-16(17)22)23-18(30)3-2-4-19-24-20(26-31-19)13-5-7-14(21)8-6-13/h5-11H,2-4H2,1H3,(H,23,30). The number of tetrazole rings is 1. The lowest BCUT2D eigenvalue weighted by Gasteiger charge is -2.08. The third-order valence-electron chi connectivity index (χ3n) is 4.45. The van der Waals surface area contributed by atoms with E-state index >= 15 is 0 Å². The summed E-state index contributed by atoms with van der Waals surface area (Å²) >= 11 is 5.88. The van der Waals surface area contributed by atoms with Gasteiger partial charge in [0.25, 0.3) is 0 Å². The highest BCUT2D eigenvalue weighted by atomic mass is 35.5. The Morgan fingerprint density at radius 1 is 1.23 bits per heavy atom. The van der Waals surface area contributed by atoms with Crippen LogP contribution in [0.5, 0.6) is 0 Å². The highest BCUT2D eigenvalue weighted by Gasteiger charge is 2.13. The Bertz CT molecular complexity index is 1210. The molecule has 0 saturated heterocycles. The topological polar surface area (TPSA) is 112 Å². The van der Waals surface area contributed by atoms with Gasteiger partial charge in [-0.15, -0.1) is 5.10 Å². The number of nitrogens with one attached hydrogen (secondary N) is 1. The molecule has 0 saturated carbocycles. The lowest BCUT2D eigenvalue weighted by atomic mass is 10.2.